The van der Waals surface area contributed by atoms with Gasteiger partial charge in [0.05, 0.1) is 0 Å². The number of likely N-dealkylation sites (N-methyl/N-ethyl adjacent to an activating group) is 1. The second kappa shape index (κ2) is 10.2. The standard InChI is InChI=1S/C14H21N3O2.ClH/c1-3-7-16-13(18)11-5-4-6-12(10-11)14(19)17-9-8-15-2;/h4-6,10,15H,3,7-9H2,1-2H3,(H,16,18)(H,17,19);1H. The van der Waals surface area contributed by atoms with Crippen molar-refractivity contribution in [3.05, 3.63) is 35.4 Å². The maximum atomic E-state index is 11.8. The lowest BCUT2D eigenvalue weighted by atomic mass is 10.1. The molecule has 5 nitrogen and oxygen atoms in total. The third-order valence-corrected chi connectivity index (χ3v) is 2.58. The lowest BCUT2D eigenvalue weighted by Gasteiger charge is -2.07. The van der Waals surface area contributed by atoms with Crippen molar-refractivity contribution in [3.8, 4) is 0 Å². The average Bonchev–Trinajstić information content (AvgIpc) is 2.45. The second-order valence-electron chi connectivity index (χ2n) is 4.20. The van der Waals surface area contributed by atoms with Crippen molar-refractivity contribution in [1.82, 2.24) is 16.0 Å². The van der Waals surface area contributed by atoms with Crippen LogP contribution in [-0.4, -0.2) is 38.5 Å². The van der Waals surface area contributed by atoms with Gasteiger partial charge in [-0.2, -0.15) is 0 Å². The molecular formula is C14H22ClN3O2. The third-order valence-electron chi connectivity index (χ3n) is 2.58. The first-order valence-corrected chi connectivity index (χ1v) is 6.50. The summed E-state index contributed by atoms with van der Waals surface area (Å²) in [7, 11) is 1.82. The van der Waals surface area contributed by atoms with Gasteiger partial charge in [0.15, 0.2) is 0 Å². The molecule has 1 aromatic rings. The Labute approximate surface area is 125 Å². The van der Waals surface area contributed by atoms with Gasteiger partial charge in [-0.3, -0.25) is 9.59 Å². The lowest BCUT2D eigenvalue weighted by Crippen LogP contribution is -2.30. The fraction of sp³-hybridized carbons (Fsp3) is 0.429. The minimum absolute atomic E-state index is 0. The monoisotopic (exact) mass is 299 g/mol. The average molecular weight is 300 g/mol. The van der Waals surface area contributed by atoms with E-state index in [-0.39, 0.29) is 24.2 Å². The number of carbonyl (C=O) groups excluding carboxylic acids is 2. The molecule has 0 unspecified atom stereocenters. The molecule has 1 aromatic carbocycles. The first-order chi connectivity index (χ1) is 9.19. The zero-order valence-corrected chi connectivity index (χ0v) is 12.7. The van der Waals surface area contributed by atoms with Crippen LogP contribution in [0, 0.1) is 0 Å². The van der Waals surface area contributed by atoms with Gasteiger partial charge in [0.25, 0.3) is 11.8 Å². The van der Waals surface area contributed by atoms with Gasteiger partial charge >= 0.3 is 0 Å². The molecule has 0 saturated heterocycles. The van der Waals surface area contributed by atoms with Crippen LogP contribution in [0.25, 0.3) is 0 Å². The van der Waals surface area contributed by atoms with Crippen LogP contribution in [0.5, 0.6) is 0 Å². The van der Waals surface area contributed by atoms with Gasteiger partial charge in [-0.25, -0.2) is 0 Å². The normalized spacial score (nSPS) is 9.50. The summed E-state index contributed by atoms with van der Waals surface area (Å²) in [4.78, 5) is 23.6. The molecule has 0 saturated carbocycles. The van der Waals surface area contributed by atoms with Gasteiger partial charge in [0, 0.05) is 30.8 Å². The second-order valence-corrected chi connectivity index (χ2v) is 4.20. The highest BCUT2D eigenvalue weighted by Gasteiger charge is 2.09. The molecule has 1 rings (SSSR count). The summed E-state index contributed by atoms with van der Waals surface area (Å²) in [6, 6.07) is 6.73. The van der Waals surface area contributed by atoms with Crippen LogP contribution in [0.15, 0.2) is 24.3 Å². The maximum Gasteiger partial charge on any atom is 0.251 e. The van der Waals surface area contributed by atoms with Crippen molar-refractivity contribution in [2.75, 3.05) is 26.7 Å². The number of hydrogen-bond acceptors (Lipinski definition) is 3. The van der Waals surface area contributed by atoms with E-state index in [0.29, 0.717) is 30.8 Å². The van der Waals surface area contributed by atoms with E-state index in [0.717, 1.165) is 6.42 Å². The van der Waals surface area contributed by atoms with Crippen LogP contribution in [0.2, 0.25) is 0 Å². The summed E-state index contributed by atoms with van der Waals surface area (Å²) in [6.07, 6.45) is 0.885. The molecule has 0 aliphatic heterocycles. The van der Waals surface area contributed by atoms with Gasteiger partial charge < -0.3 is 16.0 Å². The summed E-state index contributed by atoms with van der Waals surface area (Å²) >= 11 is 0. The molecule has 2 amide bonds. The quantitative estimate of drug-likeness (QED) is 0.663. The Hall–Kier alpha value is -1.59. The van der Waals surface area contributed by atoms with Gasteiger partial charge in [0.1, 0.15) is 0 Å². The van der Waals surface area contributed by atoms with Crippen molar-refractivity contribution < 1.29 is 9.59 Å². The van der Waals surface area contributed by atoms with Crippen molar-refractivity contribution in [3.63, 3.8) is 0 Å². The molecule has 0 aliphatic rings. The SMILES string of the molecule is CCCNC(=O)c1cccc(C(=O)NCCNC)c1.Cl. The molecular weight excluding hydrogens is 278 g/mol. The highest BCUT2D eigenvalue weighted by atomic mass is 35.5. The number of hydrogen-bond donors (Lipinski definition) is 3. The van der Waals surface area contributed by atoms with Crippen LogP contribution in [-0.2, 0) is 0 Å². The smallest absolute Gasteiger partial charge is 0.251 e. The number of carbonyl (C=O) groups is 2. The van der Waals surface area contributed by atoms with Gasteiger partial charge in [0.2, 0.25) is 0 Å². The molecule has 0 heterocycles. The minimum Gasteiger partial charge on any atom is -0.352 e. The number of amides is 2. The van der Waals surface area contributed by atoms with Crippen molar-refractivity contribution in [2.24, 2.45) is 0 Å². The van der Waals surface area contributed by atoms with E-state index in [1.165, 1.54) is 0 Å². The fourth-order valence-corrected chi connectivity index (χ4v) is 1.55. The summed E-state index contributed by atoms with van der Waals surface area (Å²) in [5.74, 6) is -0.313. The van der Waals surface area contributed by atoms with E-state index in [1.807, 2.05) is 14.0 Å². The lowest BCUT2D eigenvalue weighted by molar-refractivity contribution is 0.0953. The molecule has 112 valence electrons. The predicted octanol–water partition coefficient (Wildman–Crippen LogP) is 1.20. The molecule has 6 heteroatoms. The van der Waals surface area contributed by atoms with Crippen molar-refractivity contribution >= 4 is 24.2 Å². The predicted molar refractivity (Wildman–Crippen MR) is 82.6 cm³/mol. The van der Waals surface area contributed by atoms with E-state index < -0.39 is 0 Å². The number of benzene rings is 1. The molecule has 0 radical (unpaired) electrons. The minimum atomic E-state index is -0.166. The highest BCUT2D eigenvalue weighted by Crippen LogP contribution is 2.05. The van der Waals surface area contributed by atoms with Gasteiger partial charge in [-0.15, -0.1) is 12.4 Å². The molecule has 3 N–H and O–H groups in total. The zero-order valence-electron chi connectivity index (χ0n) is 11.9. The van der Waals surface area contributed by atoms with Crippen molar-refractivity contribution in [2.45, 2.75) is 13.3 Å². The van der Waals surface area contributed by atoms with E-state index in [9.17, 15) is 9.59 Å². The molecule has 0 fully saturated rings. The highest BCUT2D eigenvalue weighted by molar-refractivity contribution is 5.99. The van der Waals surface area contributed by atoms with Crippen LogP contribution in [0.3, 0.4) is 0 Å². The van der Waals surface area contributed by atoms with Gasteiger partial charge in [-0.05, 0) is 31.7 Å². The fourth-order valence-electron chi connectivity index (χ4n) is 1.55. The van der Waals surface area contributed by atoms with E-state index in [4.69, 9.17) is 0 Å². The third kappa shape index (κ3) is 6.04. The van der Waals surface area contributed by atoms with Gasteiger partial charge in [-0.1, -0.05) is 13.0 Å². The Balaban J connectivity index is 0.00000361. The molecule has 0 aliphatic carbocycles. The Bertz CT molecular complexity index is 438. The summed E-state index contributed by atoms with van der Waals surface area (Å²) in [6.45, 7) is 3.90. The molecule has 20 heavy (non-hydrogen) atoms. The molecule has 0 bridgehead atoms. The van der Waals surface area contributed by atoms with Crippen LogP contribution in [0.4, 0.5) is 0 Å². The Morgan fingerprint density at radius 2 is 1.55 bits per heavy atom. The van der Waals surface area contributed by atoms with E-state index in [2.05, 4.69) is 16.0 Å². The van der Waals surface area contributed by atoms with E-state index in [1.54, 1.807) is 24.3 Å². The number of rotatable bonds is 7. The Kier molecular flexibility index (Phi) is 9.41. The molecule has 0 atom stereocenters. The van der Waals surface area contributed by atoms with Crippen LogP contribution < -0.4 is 16.0 Å². The summed E-state index contributed by atoms with van der Waals surface area (Å²) < 4.78 is 0. The maximum absolute atomic E-state index is 11.8. The van der Waals surface area contributed by atoms with Crippen molar-refractivity contribution in [1.29, 1.82) is 0 Å². The Morgan fingerprint density at radius 3 is 2.05 bits per heavy atom. The summed E-state index contributed by atoms with van der Waals surface area (Å²) in [5.41, 5.74) is 1.01. The van der Waals surface area contributed by atoms with Crippen LogP contribution in [0.1, 0.15) is 34.1 Å². The first-order valence-electron chi connectivity index (χ1n) is 6.50. The Morgan fingerprint density at radius 1 is 1.00 bits per heavy atom. The topological polar surface area (TPSA) is 70.2 Å². The largest absolute Gasteiger partial charge is 0.352 e. The first kappa shape index (κ1) is 18.4. The number of halogens is 1. The van der Waals surface area contributed by atoms with Crippen LogP contribution >= 0.6 is 12.4 Å². The van der Waals surface area contributed by atoms with E-state index >= 15 is 0 Å². The molecule has 0 aromatic heterocycles. The number of nitrogens with one attached hydrogen (secondary N) is 3. The molecule has 0 spiro atoms. The summed E-state index contributed by atoms with van der Waals surface area (Å²) in [5, 5.41) is 8.51. The zero-order chi connectivity index (χ0) is 14.1.